The van der Waals surface area contributed by atoms with E-state index in [0.29, 0.717) is 24.8 Å². The number of amides is 1. The Morgan fingerprint density at radius 2 is 1.74 bits per heavy atom. The van der Waals surface area contributed by atoms with Crippen molar-refractivity contribution in [2.75, 3.05) is 19.6 Å². The van der Waals surface area contributed by atoms with Gasteiger partial charge in [-0.15, -0.1) is 0 Å². The Hall–Kier alpha value is -3.45. The van der Waals surface area contributed by atoms with Crippen molar-refractivity contribution in [2.24, 2.45) is 0 Å². The molecule has 7 nitrogen and oxygen atoms in total. The molecular formula is C24H24N4O3. The smallest absolute Gasteiger partial charge is 0.410 e. The topological polar surface area (TPSA) is 67.8 Å². The largest absolute Gasteiger partial charge is 0.439 e. The minimum absolute atomic E-state index is 0.219. The van der Waals surface area contributed by atoms with Gasteiger partial charge in [-0.1, -0.05) is 42.5 Å². The summed E-state index contributed by atoms with van der Waals surface area (Å²) in [5.74, 6) is 0.707. The summed E-state index contributed by atoms with van der Waals surface area (Å²) in [7, 11) is 0. The second kappa shape index (κ2) is 8.35. The minimum atomic E-state index is -0.419. The summed E-state index contributed by atoms with van der Waals surface area (Å²) in [4.78, 5) is 24.8. The molecule has 0 aliphatic carbocycles. The van der Waals surface area contributed by atoms with Crippen LogP contribution in [0, 0.1) is 0 Å². The lowest BCUT2D eigenvalue weighted by Gasteiger charge is -2.22. The fraction of sp³-hybridized carbons (Fsp3) is 0.292. The van der Waals surface area contributed by atoms with Gasteiger partial charge in [0.25, 0.3) is 0 Å². The average molecular weight is 416 g/mol. The molecule has 0 N–H and O–H groups in total. The molecule has 2 aliphatic heterocycles. The molecule has 2 fully saturated rings. The first kappa shape index (κ1) is 19.5. The van der Waals surface area contributed by atoms with Gasteiger partial charge in [-0.25, -0.2) is 14.8 Å². The molecule has 3 heterocycles. The van der Waals surface area contributed by atoms with Crippen LogP contribution < -0.4 is 4.74 Å². The lowest BCUT2D eigenvalue weighted by molar-refractivity contribution is 0.0627. The van der Waals surface area contributed by atoms with Crippen molar-refractivity contribution in [3.8, 4) is 11.8 Å². The molecule has 2 aliphatic rings. The third-order valence-corrected chi connectivity index (χ3v) is 5.71. The van der Waals surface area contributed by atoms with Crippen LogP contribution in [0.5, 0.6) is 11.8 Å². The van der Waals surface area contributed by atoms with Crippen LogP contribution in [0.1, 0.15) is 17.5 Å². The van der Waals surface area contributed by atoms with Gasteiger partial charge in [-0.05, 0) is 29.3 Å². The highest BCUT2D eigenvalue weighted by atomic mass is 16.6. The van der Waals surface area contributed by atoms with Crippen LogP contribution in [-0.4, -0.2) is 51.1 Å². The van der Waals surface area contributed by atoms with Crippen LogP contribution in [0.15, 0.2) is 73.1 Å². The van der Waals surface area contributed by atoms with Gasteiger partial charge in [0.2, 0.25) is 0 Å². The van der Waals surface area contributed by atoms with Crippen LogP contribution in [0.25, 0.3) is 0 Å². The van der Waals surface area contributed by atoms with Crippen LogP contribution in [0.3, 0.4) is 0 Å². The number of likely N-dealkylation sites (tertiary alicyclic amines) is 1. The van der Waals surface area contributed by atoms with Crippen molar-refractivity contribution < 1.29 is 14.3 Å². The molecule has 1 unspecified atom stereocenters. The summed E-state index contributed by atoms with van der Waals surface area (Å²) in [6.07, 6.45) is 3.93. The average Bonchev–Trinajstić information content (AvgIpc) is 3.31. The number of ether oxygens (including phenoxy) is 2. The summed E-state index contributed by atoms with van der Waals surface area (Å²) < 4.78 is 11.6. The van der Waals surface area contributed by atoms with Gasteiger partial charge >= 0.3 is 12.1 Å². The first-order valence-electron chi connectivity index (χ1n) is 10.5. The number of benzene rings is 2. The molecule has 31 heavy (non-hydrogen) atoms. The van der Waals surface area contributed by atoms with Gasteiger partial charge < -0.3 is 9.47 Å². The lowest BCUT2D eigenvalue weighted by Crippen LogP contribution is -2.37. The zero-order valence-electron chi connectivity index (χ0n) is 17.2. The second-order valence-corrected chi connectivity index (χ2v) is 8.13. The predicted molar refractivity (Wildman–Crippen MR) is 115 cm³/mol. The molecule has 1 spiro atoms. The standard InChI is InChI=1S/C24H24N4O3/c29-23-28(16-19-6-2-1-3-7-19)18-24(31-23)10-13-27(17-24)15-20-8-4-9-21(14-20)30-22-25-11-5-12-26-22/h1-9,11-12,14H,10,13,15-18H2. The molecule has 1 amide bonds. The maximum absolute atomic E-state index is 12.5. The Bertz CT molecular complexity index is 1050. The van der Waals surface area contributed by atoms with Crippen molar-refractivity contribution >= 4 is 6.09 Å². The molecule has 1 aromatic heterocycles. The number of carbonyl (C=O) groups excluding carboxylic acids is 1. The molecular weight excluding hydrogens is 392 g/mol. The number of hydrogen-bond acceptors (Lipinski definition) is 6. The van der Waals surface area contributed by atoms with E-state index in [2.05, 4.69) is 20.9 Å². The van der Waals surface area contributed by atoms with Crippen molar-refractivity contribution in [3.63, 3.8) is 0 Å². The molecule has 1 atom stereocenters. The van der Waals surface area contributed by atoms with E-state index in [1.54, 1.807) is 18.5 Å². The maximum Gasteiger partial charge on any atom is 0.410 e. The first-order chi connectivity index (χ1) is 15.2. The van der Waals surface area contributed by atoms with Crippen molar-refractivity contribution in [2.45, 2.75) is 25.1 Å². The van der Waals surface area contributed by atoms with E-state index >= 15 is 0 Å². The number of nitrogens with zero attached hydrogens (tertiary/aromatic N) is 4. The zero-order chi connectivity index (χ0) is 21.1. The summed E-state index contributed by atoms with van der Waals surface area (Å²) in [6, 6.07) is 20.1. The molecule has 158 valence electrons. The van der Waals surface area contributed by atoms with Crippen LogP contribution >= 0.6 is 0 Å². The Labute approximate surface area is 181 Å². The summed E-state index contributed by atoms with van der Waals surface area (Å²) >= 11 is 0. The van der Waals surface area contributed by atoms with E-state index in [0.717, 1.165) is 37.2 Å². The fourth-order valence-electron chi connectivity index (χ4n) is 4.30. The van der Waals surface area contributed by atoms with Crippen LogP contribution in [-0.2, 0) is 17.8 Å². The third kappa shape index (κ3) is 4.51. The summed E-state index contributed by atoms with van der Waals surface area (Å²) in [5.41, 5.74) is 1.83. The van der Waals surface area contributed by atoms with Gasteiger partial charge in [-0.3, -0.25) is 9.80 Å². The van der Waals surface area contributed by atoms with Gasteiger partial charge in [-0.2, -0.15) is 0 Å². The fourth-order valence-corrected chi connectivity index (χ4v) is 4.30. The molecule has 3 aromatic rings. The van der Waals surface area contributed by atoms with Gasteiger partial charge in [0.1, 0.15) is 11.4 Å². The molecule has 0 bridgehead atoms. The summed E-state index contributed by atoms with van der Waals surface area (Å²) in [5, 5.41) is 0. The highest BCUT2D eigenvalue weighted by Crippen LogP contribution is 2.34. The van der Waals surface area contributed by atoms with E-state index in [1.807, 2.05) is 53.4 Å². The van der Waals surface area contributed by atoms with E-state index in [1.165, 1.54) is 0 Å². The number of carbonyl (C=O) groups is 1. The highest BCUT2D eigenvalue weighted by Gasteiger charge is 2.49. The van der Waals surface area contributed by atoms with Crippen molar-refractivity contribution in [1.82, 2.24) is 19.8 Å². The van der Waals surface area contributed by atoms with Gasteiger partial charge in [0.15, 0.2) is 0 Å². The monoisotopic (exact) mass is 416 g/mol. The van der Waals surface area contributed by atoms with Crippen molar-refractivity contribution in [3.05, 3.63) is 84.2 Å². The molecule has 0 radical (unpaired) electrons. The van der Waals surface area contributed by atoms with E-state index in [-0.39, 0.29) is 6.09 Å². The van der Waals surface area contributed by atoms with Crippen molar-refractivity contribution in [1.29, 1.82) is 0 Å². The van der Waals surface area contributed by atoms with Crippen LogP contribution in [0.2, 0.25) is 0 Å². The zero-order valence-corrected chi connectivity index (χ0v) is 17.2. The Kier molecular flexibility index (Phi) is 5.26. The Morgan fingerprint density at radius 3 is 2.58 bits per heavy atom. The van der Waals surface area contributed by atoms with E-state index in [4.69, 9.17) is 9.47 Å². The Balaban J connectivity index is 1.20. The van der Waals surface area contributed by atoms with E-state index in [9.17, 15) is 4.79 Å². The number of rotatable bonds is 6. The molecule has 2 saturated heterocycles. The molecule has 2 aromatic carbocycles. The second-order valence-electron chi connectivity index (χ2n) is 8.13. The highest BCUT2D eigenvalue weighted by molar-refractivity contribution is 5.71. The van der Waals surface area contributed by atoms with Crippen LogP contribution in [0.4, 0.5) is 4.79 Å². The Morgan fingerprint density at radius 1 is 0.935 bits per heavy atom. The minimum Gasteiger partial charge on any atom is -0.439 e. The van der Waals surface area contributed by atoms with E-state index < -0.39 is 5.60 Å². The maximum atomic E-state index is 12.5. The molecule has 0 saturated carbocycles. The lowest BCUT2D eigenvalue weighted by atomic mass is 10.0. The normalized spacial score (nSPS) is 20.9. The predicted octanol–water partition coefficient (Wildman–Crippen LogP) is 3.87. The van der Waals surface area contributed by atoms with Gasteiger partial charge in [0, 0.05) is 45.0 Å². The summed E-state index contributed by atoms with van der Waals surface area (Å²) in [6.45, 7) is 3.61. The number of hydrogen-bond donors (Lipinski definition) is 0. The molecule has 7 heteroatoms. The number of aromatic nitrogens is 2. The third-order valence-electron chi connectivity index (χ3n) is 5.71. The first-order valence-corrected chi connectivity index (χ1v) is 10.5. The quantitative estimate of drug-likeness (QED) is 0.608. The molecule has 5 rings (SSSR count). The van der Waals surface area contributed by atoms with Gasteiger partial charge in [0.05, 0.1) is 6.54 Å². The SMILES string of the molecule is O=C1OC2(CCN(Cc3cccc(Oc4ncccn4)c3)C2)CN1Cc1ccccc1.